The molecule has 0 saturated carbocycles. The third-order valence-corrected chi connectivity index (χ3v) is 2.12. The molecule has 3 nitrogen and oxygen atoms in total. The van der Waals surface area contributed by atoms with Gasteiger partial charge in [-0.3, -0.25) is 0 Å². The number of aryl methyl sites for hydroxylation is 1. The van der Waals surface area contributed by atoms with Crippen LogP contribution in [0.15, 0.2) is 30.5 Å². The van der Waals surface area contributed by atoms with Gasteiger partial charge >= 0.3 is 0 Å². The third-order valence-electron chi connectivity index (χ3n) is 2.12. The van der Waals surface area contributed by atoms with Gasteiger partial charge in [0.15, 0.2) is 0 Å². The highest BCUT2D eigenvalue weighted by Crippen LogP contribution is 2.15. The molecule has 2 rings (SSSR count). The predicted octanol–water partition coefficient (Wildman–Crippen LogP) is 0.542. The van der Waals surface area contributed by atoms with Crippen LogP contribution in [0.2, 0.25) is 0 Å². The Morgan fingerprint density at radius 1 is 1.38 bits per heavy atom. The van der Waals surface area contributed by atoms with E-state index in [4.69, 9.17) is 0 Å². The van der Waals surface area contributed by atoms with Crippen molar-refractivity contribution in [2.75, 3.05) is 0 Å². The standard InChI is InChI=1S/C10H9NO2/c1-11-5-4-7-2-3-8(10(12)13)6-9(7)11/h2-6H,1H3,(H,12,13)/p-1. The molecule has 0 radical (unpaired) electrons. The van der Waals surface area contributed by atoms with E-state index in [0.29, 0.717) is 0 Å². The second-order valence-corrected chi connectivity index (χ2v) is 2.99. The van der Waals surface area contributed by atoms with Crippen LogP contribution in [0.4, 0.5) is 0 Å². The zero-order valence-electron chi connectivity index (χ0n) is 7.15. The van der Waals surface area contributed by atoms with Crippen LogP contribution in [0.25, 0.3) is 10.9 Å². The molecule has 2 aromatic rings. The molecule has 0 fully saturated rings. The quantitative estimate of drug-likeness (QED) is 0.633. The molecule has 0 unspecified atom stereocenters. The van der Waals surface area contributed by atoms with Crippen molar-refractivity contribution >= 4 is 16.9 Å². The van der Waals surface area contributed by atoms with Gasteiger partial charge < -0.3 is 14.5 Å². The number of aromatic carboxylic acids is 1. The Labute approximate surface area is 75.2 Å². The van der Waals surface area contributed by atoms with Gasteiger partial charge in [0, 0.05) is 18.8 Å². The SMILES string of the molecule is Cn1ccc2ccc(C(=O)[O-])cc21. The summed E-state index contributed by atoms with van der Waals surface area (Å²) in [7, 11) is 1.88. The van der Waals surface area contributed by atoms with E-state index >= 15 is 0 Å². The fourth-order valence-corrected chi connectivity index (χ4v) is 1.39. The van der Waals surface area contributed by atoms with Crippen LogP contribution >= 0.6 is 0 Å². The number of aromatic nitrogens is 1. The van der Waals surface area contributed by atoms with Crippen molar-refractivity contribution in [1.29, 1.82) is 0 Å². The van der Waals surface area contributed by atoms with Crippen LogP contribution in [0, 0.1) is 0 Å². The van der Waals surface area contributed by atoms with Crippen molar-refractivity contribution in [3.63, 3.8) is 0 Å². The lowest BCUT2D eigenvalue weighted by Crippen LogP contribution is -2.22. The van der Waals surface area contributed by atoms with Gasteiger partial charge in [-0.25, -0.2) is 0 Å². The topological polar surface area (TPSA) is 45.1 Å². The first-order chi connectivity index (χ1) is 6.18. The Morgan fingerprint density at radius 2 is 2.15 bits per heavy atom. The van der Waals surface area contributed by atoms with Crippen LogP contribution in [-0.4, -0.2) is 10.5 Å². The van der Waals surface area contributed by atoms with Gasteiger partial charge in [-0.05, 0) is 23.1 Å². The van der Waals surface area contributed by atoms with Crippen LogP contribution in [0.3, 0.4) is 0 Å². The molecule has 0 saturated heterocycles. The summed E-state index contributed by atoms with van der Waals surface area (Å²) in [5.41, 5.74) is 1.12. The second-order valence-electron chi connectivity index (χ2n) is 2.99. The molecule has 13 heavy (non-hydrogen) atoms. The summed E-state index contributed by atoms with van der Waals surface area (Å²) in [6, 6.07) is 6.89. The zero-order valence-corrected chi connectivity index (χ0v) is 7.15. The number of carbonyl (C=O) groups is 1. The van der Waals surface area contributed by atoms with E-state index in [0.717, 1.165) is 10.9 Å². The molecule has 0 aliphatic carbocycles. The minimum absolute atomic E-state index is 0.217. The Hall–Kier alpha value is -1.77. The average Bonchev–Trinajstić information content (AvgIpc) is 2.47. The number of carbonyl (C=O) groups excluding carboxylic acids is 1. The maximum absolute atomic E-state index is 10.6. The number of rotatable bonds is 1. The van der Waals surface area contributed by atoms with Crippen LogP contribution in [0.5, 0.6) is 0 Å². The van der Waals surface area contributed by atoms with Gasteiger partial charge in [0.05, 0.1) is 5.97 Å². The lowest BCUT2D eigenvalue weighted by atomic mass is 10.2. The lowest BCUT2D eigenvalue weighted by molar-refractivity contribution is -0.255. The number of hydrogen-bond donors (Lipinski definition) is 0. The molecule has 0 spiro atoms. The maximum Gasteiger partial charge on any atom is 0.0716 e. The molecule has 1 aromatic heterocycles. The maximum atomic E-state index is 10.6. The van der Waals surface area contributed by atoms with Crippen molar-refractivity contribution in [3.8, 4) is 0 Å². The molecule has 0 aliphatic heterocycles. The molecule has 1 aromatic carbocycles. The van der Waals surface area contributed by atoms with E-state index in [-0.39, 0.29) is 5.56 Å². The highest BCUT2D eigenvalue weighted by atomic mass is 16.4. The number of fused-ring (bicyclic) bond motifs is 1. The zero-order chi connectivity index (χ0) is 9.42. The van der Waals surface area contributed by atoms with Gasteiger partial charge in [0.25, 0.3) is 0 Å². The monoisotopic (exact) mass is 174 g/mol. The third kappa shape index (κ3) is 1.18. The predicted molar refractivity (Wildman–Crippen MR) is 47.2 cm³/mol. The van der Waals surface area contributed by atoms with E-state index in [1.165, 1.54) is 0 Å². The highest BCUT2D eigenvalue weighted by Gasteiger charge is 1.99. The number of carboxylic acids is 1. The summed E-state index contributed by atoms with van der Waals surface area (Å²) in [5.74, 6) is -1.14. The fourth-order valence-electron chi connectivity index (χ4n) is 1.39. The molecular weight excluding hydrogens is 166 g/mol. The summed E-state index contributed by atoms with van der Waals surface area (Å²) in [6.45, 7) is 0. The number of carboxylic acid groups (broad SMARTS) is 1. The van der Waals surface area contributed by atoms with Gasteiger partial charge in [-0.2, -0.15) is 0 Å². The average molecular weight is 174 g/mol. The molecule has 0 bridgehead atoms. The smallest absolute Gasteiger partial charge is 0.0716 e. The van der Waals surface area contributed by atoms with Gasteiger partial charge in [0.1, 0.15) is 0 Å². The van der Waals surface area contributed by atoms with Crippen molar-refractivity contribution in [2.45, 2.75) is 0 Å². The lowest BCUT2D eigenvalue weighted by Gasteiger charge is -2.02. The normalized spacial score (nSPS) is 10.5. The summed E-state index contributed by atoms with van der Waals surface area (Å²) < 4.78 is 1.88. The Kier molecular flexibility index (Phi) is 1.59. The molecule has 0 N–H and O–H groups in total. The van der Waals surface area contributed by atoms with Crippen molar-refractivity contribution in [2.24, 2.45) is 7.05 Å². The molecule has 0 atom stereocenters. The Bertz CT molecular complexity index is 471. The number of benzene rings is 1. The Morgan fingerprint density at radius 3 is 2.85 bits per heavy atom. The largest absolute Gasteiger partial charge is 0.545 e. The highest BCUT2D eigenvalue weighted by molar-refractivity contribution is 5.92. The first kappa shape index (κ1) is 7.86. The Balaban J connectivity index is 2.72. The number of hydrogen-bond acceptors (Lipinski definition) is 2. The first-order valence-corrected chi connectivity index (χ1v) is 3.95. The van der Waals surface area contributed by atoms with Gasteiger partial charge in [0.2, 0.25) is 0 Å². The number of nitrogens with zero attached hydrogens (tertiary/aromatic N) is 1. The van der Waals surface area contributed by atoms with E-state index in [1.807, 2.05) is 23.9 Å². The molecular formula is C10H8NO2-. The van der Waals surface area contributed by atoms with Crippen LogP contribution in [-0.2, 0) is 7.05 Å². The van der Waals surface area contributed by atoms with Crippen molar-refractivity contribution < 1.29 is 9.90 Å². The van der Waals surface area contributed by atoms with E-state index < -0.39 is 5.97 Å². The second kappa shape index (κ2) is 2.62. The van der Waals surface area contributed by atoms with E-state index in [2.05, 4.69) is 0 Å². The van der Waals surface area contributed by atoms with Gasteiger partial charge in [-0.15, -0.1) is 0 Å². The first-order valence-electron chi connectivity index (χ1n) is 3.95. The fraction of sp³-hybridized carbons (Fsp3) is 0.100. The van der Waals surface area contributed by atoms with Gasteiger partial charge in [-0.1, -0.05) is 12.1 Å². The van der Waals surface area contributed by atoms with Crippen LogP contribution < -0.4 is 5.11 Å². The minimum Gasteiger partial charge on any atom is -0.545 e. The minimum atomic E-state index is -1.14. The van der Waals surface area contributed by atoms with E-state index in [9.17, 15) is 9.90 Å². The summed E-state index contributed by atoms with van der Waals surface area (Å²) in [6.07, 6.45) is 1.89. The van der Waals surface area contributed by atoms with Crippen molar-refractivity contribution in [3.05, 3.63) is 36.0 Å². The molecule has 3 heteroatoms. The molecule has 1 heterocycles. The van der Waals surface area contributed by atoms with E-state index in [1.54, 1.807) is 18.2 Å². The molecule has 66 valence electrons. The summed E-state index contributed by atoms with van der Waals surface area (Å²) >= 11 is 0. The molecule has 0 aliphatic rings. The molecule has 0 amide bonds. The summed E-state index contributed by atoms with van der Waals surface area (Å²) in [4.78, 5) is 10.6. The summed E-state index contributed by atoms with van der Waals surface area (Å²) in [5, 5.41) is 11.6. The van der Waals surface area contributed by atoms with Crippen molar-refractivity contribution in [1.82, 2.24) is 4.57 Å². The van der Waals surface area contributed by atoms with Crippen LogP contribution in [0.1, 0.15) is 10.4 Å².